The van der Waals surface area contributed by atoms with Gasteiger partial charge in [-0.2, -0.15) is 0 Å². The normalized spacial score (nSPS) is 12.7. The van der Waals surface area contributed by atoms with Crippen molar-refractivity contribution in [3.05, 3.63) is 21.6 Å². The summed E-state index contributed by atoms with van der Waals surface area (Å²) in [6.07, 6.45) is -2.46. The van der Waals surface area contributed by atoms with E-state index < -0.39 is 12.5 Å². The van der Waals surface area contributed by atoms with Crippen molar-refractivity contribution in [2.75, 3.05) is 12.4 Å². The van der Waals surface area contributed by atoms with Crippen LogP contribution >= 0.6 is 27.5 Å². The lowest BCUT2D eigenvalue weighted by Crippen LogP contribution is -2.24. The Morgan fingerprint density at radius 3 is 2.56 bits per heavy atom. The van der Waals surface area contributed by atoms with Crippen LogP contribution in [0.25, 0.3) is 0 Å². The second kappa shape index (κ2) is 5.68. The van der Waals surface area contributed by atoms with E-state index in [-0.39, 0.29) is 0 Å². The second-order valence-electron chi connectivity index (χ2n) is 3.24. The van der Waals surface area contributed by atoms with Gasteiger partial charge in [-0.3, -0.25) is 0 Å². The highest BCUT2D eigenvalue weighted by molar-refractivity contribution is 9.10. The lowest BCUT2D eigenvalue weighted by molar-refractivity contribution is 0.130. The summed E-state index contributed by atoms with van der Waals surface area (Å²) in [5.74, 6) is 0.455. The van der Waals surface area contributed by atoms with E-state index in [1.807, 2.05) is 0 Å². The maximum atomic E-state index is 12.4. The highest BCUT2D eigenvalue weighted by Crippen LogP contribution is 2.36. The van der Waals surface area contributed by atoms with Gasteiger partial charge in [0.25, 0.3) is 6.43 Å². The van der Waals surface area contributed by atoms with Crippen molar-refractivity contribution >= 4 is 33.2 Å². The third-order valence-corrected chi connectivity index (χ3v) is 2.78. The first-order valence-corrected chi connectivity index (χ1v) is 5.70. The van der Waals surface area contributed by atoms with Crippen LogP contribution in [0.2, 0.25) is 5.02 Å². The molecule has 6 heteroatoms. The van der Waals surface area contributed by atoms with E-state index in [1.54, 1.807) is 12.1 Å². The lowest BCUT2D eigenvalue weighted by atomic mass is 10.2. The van der Waals surface area contributed by atoms with Crippen LogP contribution in [-0.2, 0) is 0 Å². The van der Waals surface area contributed by atoms with Gasteiger partial charge in [-0.25, -0.2) is 8.78 Å². The quantitative estimate of drug-likeness (QED) is 0.900. The molecule has 0 heterocycles. The molecule has 0 amide bonds. The Bertz CT molecular complexity index is 376. The van der Waals surface area contributed by atoms with Crippen molar-refractivity contribution in [2.24, 2.45) is 0 Å². The first-order valence-electron chi connectivity index (χ1n) is 4.53. The van der Waals surface area contributed by atoms with Gasteiger partial charge in [0.2, 0.25) is 0 Å². The smallest absolute Gasteiger partial charge is 0.258 e. The van der Waals surface area contributed by atoms with Crippen molar-refractivity contribution in [1.82, 2.24) is 0 Å². The van der Waals surface area contributed by atoms with Gasteiger partial charge in [-0.1, -0.05) is 11.6 Å². The van der Waals surface area contributed by atoms with Crippen LogP contribution in [0.1, 0.15) is 6.92 Å². The van der Waals surface area contributed by atoms with Crippen molar-refractivity contribution in [2.45, 2.75) is 19.4 Å². The number of alkyl halides is 2. The molecule has 0 fully saturated rings. The maximum absolute atomic E-state index is 12.4. The molecule has 1 aromatic carbocycles. The number of hydrogen-bond donors (Lipinski definition) is 1. The zero-order valence-electron chi connectivity index (χ0n) is 8.73. The summed E-state index contributed by atoms with van der Waals surface area (Å²) in [6.45, 7) is 1.39. The van der Waals surface area contributed by atoms with Gasteiger partial charge in [0.15, 0.2) is 5.75 Å². The Balaban J connectivity index is 3.02. The molecule has 0 aliphatic heterocycles. The molecular formula is C10H11BrClF2NO. The molecule has 0 saturated carbocycles. The van der Waals surface area contributed by atoms with E-state index in [2.05, 4.69) is 21.2 Å². The fraction of sp³-hybridized carbons (Fsp3) is 0.400. The molecule has 0 aliphatic rings. The van der Waals surface area contributed by atoms with Crippen LogP contribution in [-0.4, -0.2) is 19.6 Å². The van der Waals surface area contributed by atoms with Gasteiger partial charge in [0, 0.05) is 5.02 Å². The molecule has 1 N–H and O–H groups in total. The number of nitrogens with one attached hydrogen (secondary N) is 1. The molecule has 1 unspecified atom stereocenters. The van der Waals surface area contributed by atoms with Gasteiger partial charge in [0.1, 0.15) is 0 Å². The first kappa shape index (κ1) is 13.5. The molecule has 0 saturated heterocycles. The Morgan fingerprint density at radius 1 is 1.44 bits per heavy atom. The average Bonchev–Trinajstić information content (AvgIpc) is 2.16. The third kappa shape index (κ3) is 3.22. The monoisotopic (exact) mass is 313 g/mol. The zero-order valence-corrected chi connectivity index (χ0v) is 11.1. The van der Waals surface area contributed by atoms with Gasteiger partial charge >= 0.3 is 0 Å². The Hall–Kier alpha value is -0.550. The number of halogens is 4. The van der Waals surface area contributed by atoms with Gasteiger partial charge in [-0.15, -0.1) is 0 Å². The Morgan fingerprint density at radius 2 is 2.06 bits per heavy atom. The molecule has 1 aromatic rings. The molecule has 0 aliphatic carbocycles. The van der Waals surface area contributed by atoms with Crippen LogP contribution in [0, 0.1) is 0 Å². The van der Waals surface area contributed by atoms with Crippen LogP contribution in [0.15, 0.2) is 16.6 Å². The summed E-state index contributed by atoms with van der Waals surface area (Å²) in [4.78, 5) is 0. The van der Waals surface area contributed by atoms with Crippen LogP contribution < -0.4 is 10.1 Å². The van der Waals surface area contributed by atoms with Crippen molar-refractivity contribution in [3.63, 3.8) is 0 Å². The maximum Gasteiger partial charge on any atom is 0.258 e. The van der Waals surface area contributed by atoms with E-state index >= 15 is 0 Å². The minimum absolute atomic E-state index is 0.440. The molecule has 0 spiro atoms. The molecule has 0 radical (unpaired) electrons. The fourth-order valence-electron chi connectivity index (χ4n) is 1.18. The summed E-state index contributed by atoms with van der Waals surface area (Å²) < 4.78 is 30.5. The predicted octanol–water partition coefficient (Wildman–Crippen LogP) is 4.18. The average molecular weight is 315 g/mol. The summed E-state index contributed by atoms with van der Waals surface area (Å²) in [7, 11) is 1.46. The third-order valence-electron chi connectivity index (χ3n) is 1.97. The molecule has 0 aromatic heterocycles. The Labute approximate surface area is 106 Å². The summed E-state index contributed by atoms with van der Waals surface area (Å²) in [6, 6.07) is 2.21. The first-order chi connectivity index (χ1) is 7.45. The van der Waals surface area contributed by atoms with Crippen molar-refractivity contribution in [3.8, 4) is 5.75 Å². The largest absolute Gasteiger partial charge is 0.493 e. The molecule has 1 rings (SSSR count). The van der Waals surface area contributed by atoms with E-state index in [4.69, 9.17) is 16.3 Å². The van der Waals surface area contributed by atoms with E-state index in [9.17, 15) is 8.78 Å². The lowest BCUT2D eigenvalue weighted by Gasteiger charge is -2.17. The molecule has 16 heavy (non-hydrogen) atoms. The SMILES string of the molecule is COc1c(Br)cc(Cl)cc1NC(C)C(F)F. The van der Waals surface area contributed by atoms with Gasteiger partial charge < -0.3 is 10.1 Å². The van der Waals surface area contributed by atoms with E-state index in [0.29, 0.717) is 20.9 Å². The number of ether oxygens (including phenoxy) is 1. The van der Waals surface area contributed by atoms with Crippen molar-refractivity contribution in [1.29, 1.82) is 0 Å². The molecular weight excluding hydrogens is 303 g/mol. The van der Waals surface area contributed by atoms with E-state index in [0.717, 1.165) is 0 Å². The van der Waals surface area contributed by atoms with Gasteiger partial charge in [0.05, 0.1) is 23.3 Å². The number of rotatable bonds is 4. The summed E-state index contributed by atoms with van der Waals surface area (Å²) in [5, 5.41) is 3.09. The molecule has 1 atom stereocenters. The highest BCUT2D eigenvalue weighted by atomic mass is 79.9. The predicted molar refractivity (Wildman–Crippen MR) is 64.8 cm³/mol. The minimum atomic E-state index is -2.46. The molecule has 2 nitrogen and oxygen atoms in total. The number of anilines is 1. The highest BCUT2D eigenvalue weighted by Gasteiger charge is 2.17. The minimum Gasteiger partial charge on any atom is -0.493 e. The number of methoxy groups -OCH3 is 1. The second-order valence-corrected chi connectivity index (χ2v) is 4.53. The number of benzene rings is 1. The molecule has 90 valence electrons. The topological polar surface area (TPSA) is 21.3 Å². The van der Waals surface area contributed by atoms with Gasteiger partial charge in [-0.05, 0) is 35.0 Å². The van der Waals surface area contributed by atoms with Crippen LogP contribution in [0.4, 0.5) is 14.5 Å². The van der Waals surface area contributed by atoms with Crippen molar-refractivity contribution < 1.29 is 13.5 Å². The van der Waals surface area contributed by atoms with E-state index in [1.165, 1.54) is 14.0 Å². The summed E-state index contributed by atoms with van der Waals surface area (Å²) in [5.41, 5.74) is 0.440. The Kier molecular flexibility index (Phi) is 4.80. The molecule has 0 bridgehead atoms. The zero-order chi connectivity index (χ0) is 12.3. The standard InChI is InChI=1S/C10H11BrClF2NO/c1-5(10(13)14)15-8-4-6(12)3-7(11)9(8)16-2/h3-5,10,15H,1-2H3. The van der Waals surface area contributed by atoms with Crippen LogP contribution in [0.3, 0.4) is 0 Å². The fourth-order valence-corrected chi connectivity index (χ4v) is 2.16. The van der Waals surface area contributed by atoms with Crippen LogP contribution in [0.5, 0.6) is 5.75 Å². The number of hydrogen-bond acceptors (Lipinski definition) is 2. The summed E-state index contributed by atoms with van der Waals surface area (Å²) >= 11 is 9.08.